The van der Waals surface area contributed by atoms with E-state index in [1.54, 1.807) is 6.07 Å². The standard InChI is InChI=1S/C13H15NO3/c1-3-16-10-6-7-11(17-4-2)13-9(10)5-8-12(15)14-13/h5-8H,3-4H2,1-2H3,(H,14,15). The monoisotopic (exact) mass is 233 g/mol. The van der Waals surface area contributed by atoms with Crippen molar-refractivity contribution in [3.05, 3.63) is 34.6 Å². The molecule has 0 fully saturated rings. The Labute approximate surface area is 99.2 Å². The van der Waals surface area contributed by atoms with Crippen molar-refractivity contribution in [1.82, 2.24) is 4.98 Å². The summed E-state index contributed by atoms with van der Waals surface area (Å²) in [5.41, 5.74) is 0.539. The summed E-state index contributed by atoms with van der Waals surface area (Å²) in [6, 6.07) is 6.91. The maximum atomic E-state index is 11.4. The van der Waals surface area contributed by atoms with Gasteiger partial charge in [0.05, 0.1) is 18.7 Å². The van der Waals surface area contributed by atoms with Gasteiger partial charge in [-0.1, -0.05) is 0 Å². The molecule has 1 heterocycles. The summed E-state index contributed by atoms with van der Waals surface area (Å²) in [6.45, 7) is 4.97. The average Bonchev–Trinajstić information content (AvgIpc) is 2.32. The molecule has 2 aromatic rings. The van der Waals surface area contributed by atoms with Gasteiger partial charge in [-0.15, -0.1) is 0 Å². The van der Waals surface area contributed by atoms with Gasteiger partial charge in [-0.05, 0) is 32.0 Å². The third-order valence-corrected chi connectivity index (χ3v) is 2.42. The molecular formula is C13H15NO3. The Balaban J connectivity index is 2.67. The second-order valence-electron chi connectivity index (χ2n) is 3.54. The second kappa shape index (κ2) is 4.91. The van der Waals surface area contributed by atoms with E-state index in [1.165, 1.54) is 6.07 Å². The second-order valence-corrected chi connectivity index (χ2v) is 3.54. The fourth-order valence-electron chi connectivity index (χ4n) is 1.76. The smallest absolute Gasteiger partial charge is 0.248 e. The zero-order chi connectivity index (χ0) is 12.3. The van der Waals surface area contributed by atoms with Crippen molar-refractivity contribution in [2.45, 2.75) is 13.8 Å². The number of hydrogen-bond acceptors (Lipinski definition) is 3. The van der Waals surface area contributed by atoms with Crippen LogP contribution in [0.4, 0.5) is 0 Å². The van der Waals surface area contributed by atoms with Gasteiger partial charge in [-0.2, -0.15) is 0 Å². The first-order valence-corrected chi connectivity index (χ1v) is 5.68. The number of hydrogen-bond donors (Lipinski definition) is 1. The van der Waals surface area contributed by atoms with Gasteiger partial charge in [0, 0.05) is 11.5 Å². The highest BCUT2D eigenvalue weighted by Crippen LogP contribution is 2.30. The van der Waals surface area contributed by atoms with Gasteiger partial charge in [-0.3, -0.25) is 4.79 Å². The van der Waals surface area contributed by atoms with E-state index in [4.69, 9.17) is 9.47 Å². The van der Waals surface area contributed by atoms with Crippen LogP contribution in [0.1, 0.15) is 13.8 Å². The molecule has 0 saturated heterocycles. The normalized spacial score (nSPS) is 10.5. The summed E-state index contributed by atoms with van der Waals surface area (Å²) in [5.74, 6) is 1.42. The Bertz CT molecular complexity index is 574. The van der Waals surface area contributed by atoms with E-state index in [0.717, 1.165) is 11.1 Å². The highest BCUT2D eigenvalue weighted by atomic mass is 16.5. The van der Waals surface area contributed by atoms with E-state index in [0.29, 0.717) is 24.5 Å². The van der Waals surface area contributed by atoms with Crippen LogP contribution < -0.4 is 15.0 Å². The van der Waals surface area contributed by atoms with E-state index < -0.39 is 0 Å². The highest BCUT2D eigenvalue weighted by molar-refractivity contribution is 5.89. The Morgan fingerprint density at radius 3 is 2.35 bits per heavy atom. The van der Waals surface area contributed by atoms with Crippen LogP contribution >= 0.6 is 0 Å². The van der Waals surface area contributed by atoms with Gasteiger partial charge in [-0.25, -0.2) is 0 Å². The van der Waals surface area contributed by atoms with Gasteiger partial charge < -0.3 is 14.5 Å². The van der Waals surface area contributed by atoms with E-state index in [1.807, 2.05) is 26.0 Å². The summed E-state index contributed by atoms with van der Waals surface area (Å²) in [4.78, 5) is 14.1. The van der Waals surface area contributed by atoms with Crippen molar-refractivity contribution in [2.24, 2.45) is 0 Å². The molecule has 17 heavy (non-hydrogen) atoms. The molecule has 1 aromatic heterocycles. The molecule has 0 spiro atoms. The maximum absolute atomic E-state index is 11.4. The molecule has 0 aliphatic rings. The third kappa shape index (κ3) is 2.25. The molecule has 0 aliphatic heterocycles. The van der Waals surface area contributed by atoms with Crippen molar-refractivity contribution >= 4 is 10.9 Å². The first-order chi connectivity index (χ1) is 8.26. The number of rotatable bonds is 4. The van der Waals surface area contributed by atoms with Crippen LogP contribution in [0, 0.1) is 0 Å². The number of fused-ring (bicyclic) bond motifs is 1. The number of aromatic nitrogens is 1. The highest BCUT2D eigenvalue weighted by Gasteiger charge is 2.08. The summed E-state index contributed by atoms with van der Waals surface area (Å²) in [7, 11) is 0. The number of benzene rings is 1. The molecular weight excluding hydrogens is 218 g/mol. The first-order valence-electron chi connectivity index (χ1n) is 5.68. The molecule has 0 radical (unpaired) electrons. The van der Waals surface area contributed by atoms with E-state index in [9.17, 15) is 4.79 Å². The molecule has 0 atom stereocenters. The van der Waals surface area contributed by atoms with Crippen molar-refractivity contribution in [3.8, 4) is 11.5 Å². The minimum absolute atomic E-state index is 0.146. The molecule has 4 heteroatoms. The van der Waals surface area contributed by atoms with Gasteiger partial charge >= 0.3 is 0 Å². The zero-order valence-electron chi connectivity index (χ0n) is 9.95. The summed E-state index contributed by atoms with van der Waals surface area (Å²) < 4.78 is 11.0. The molecule has 1 aromatic carbocycles. The number of pyridine rings is 1. The molecule has 0 amide bonds. The average molecular weight is 233 g/mol. The predicted molar refractivity (Wildman–Crippen MR) is 66.9 cm³/mol. The molecule has 4 nitrogen and oxygen atoms in total. The SMILES string of the molecule is CCOc1ccc(OCC)c2[nH]c(=O)ccc12. The Morgan fingerprint density at radius 2 is 1.65 bits per heavy atom. The number of nitrogens with one attached hydrogen (secondary N) is 1. The quantitative estimate of drug-likeness (QED) is 0.881. The minimum atomic E-state index is -0.146. The fourth-order valence-corrected chi connectivity index (χ4v) is 1.76. The molecule has 0 bridgehead atoms. The largest absolute Gasteiger partial charge is 0.493 e. The molecule has 0 saturated carbocycles. The summed E-state index contributed by atoms with van der Waals surface area (Å²) in [5, 5.41) is 0.859. The Hall–Kier alpha value is -1.97. The topological polar surface area (TPSA) is 51.3 Å². The molecule has 0 unspecified atom stereocenters. The van der Waals surface area contributed by atoms with Crippen LogP contribution in [0.2, 0.25) is 0 Å². The van der Waals surface area contributed by atoms with Crippen molar-refractivity contribution in [3.63, 3.8) is 0 Å². The lowest BCUT2D eigenvalue weighted by Gasteiger charge is -2.11. The summed E-state index contributed by atoms with van der Waals surface area (Å²) in [6.07, 6.45) is 0. The molecule has 1 N–H and O–H groups in total. The van der Waals surface area contributed by atoms with Crippen LogP contribution in [-0.4, -0.2) is 18.2 Å². The van der Waals surface area contributed by atoms with Crippen molar-refractivity contribution in [1.29, 1.82) is 0 Å². The molecule has 2 rings (SSSR count). The fraction of sp³-hybridized carbons (Fsp3) is 0.308. The van der Waals surface area contributed by atoms with Crippen LogP contribution in [0.3, 0.4) is 0 Å². The number of H-pyrrole nitrogens is 1. The van der Waals surface area contributed by atoms with Crippen LogP contribution in [0.25, 0.3) is 10.9 Å². The lowest BCUT2D eigenvalue weighted by molar-refractivity contribution is 0.336. The third-order valence-electron chi connectivity index (χ3n) is 2.42. The van der Waals surface area contributed by atoms with Crippen LogP contribution in [-0.2, 0) is 0 Å². The Morgan fingerprint density at radius 1 is 1.00 bits per heavy atom. The van der Waals surface area contributed by atoms with Crippen molar-refractivity contribution in [2.75, 3.05) is 13.2 Å². The molecule has 0 aliphatic carbocycles. The van der Waals surface area contributed by atoms with E-state index in [-0.39, 0.29) is 5.56 Å². The van der Waals surface area contributed by atoms with Gasteiger partial charge in [0.15, 0.2) is 0 Å². The van der Waals surface area contributed by atoms with Crippen molar-refractivity contribution < 1.29 is 9.47 Å². The minimum Gasteiger partial charge on any atom is -0.493 e. The zero-order valence-corrected chi connectivity index (χ0v) is 9.95. The molecule has 90 valence electrons. The number of ether oxygens (including phenoxy) is 2. The first kappa shape index (κ1) is 11.5. The van der Waals surface area contributed by atoms with E-state index in [2.05, 4.69) is 4.98 Å². The van der Waals surface area contributed by atoms with Gasteiger partial charge in [0.25, 0.3) is 0 Å². The Kier molecular flexibility index (Phi) is 3.32. The lowest BCUT2D eigenvalue weighted by atomic mass is 10.2. The number of aromatic amines is 1. The maximum Gasteiger partial charge on any atom is 0.248 e. The van der Waals surface area contributed by atoms with Gasteiger partial charge in [0.1, 0.15) is 11.5 Å². The predicted octanol–water partition coefficient (Wildman–Crippen LogP) is 2.33. The summed E-state index contributed by atoms with van der Waals surface area (Å²) >= 11 is 0. The lowest BCUT2D eigenvalue weighted by Crippen LogP contribution is -2.05. The van der Waals surface area contributed by atoms with Gasteiger partial charge in [0.2, 0.25) is 5.56 Å². The van der Waals surface area contributed by atoms with Crippen LogP contribution in [0.5, 0.6) is 11.5 Å². The van der Waals surface area contributed by atoms with E-state index >= 15 is 0 Å². The van der Waals surface area contributed by atoms with Crippen LogP contribution in [0.15, 0.2) is 29.1 Å².